The van der Waals surface area contributed by atoms with Crippen molar-refractivity contribution in [1.82, 2.24) is 20.4 Å². The van der Waals surface area contributed by atoms with E-state index in [1.807, 2.05) is 36.1 Å². The van der Waals surface area contributed by atoms with Gasteiger partial charge in [0.15, 0.2) is 5.11 Å². The molecule has 7 heteroatoms. The molecule has 0 atom stereocenters. The lowest BCUT2D eigenvalue weighted by atomic mass is 10.2. The van der Waals surface area contributed by atoms with E-state index in [1.165, 1.54) is 0 Å². The van der Waals surface area contributed by atoms with Gasteiger partial charge in [0.25, 0.3) is 0 Å². The molecule has 1 N–H and O–H groups in total. The number of hydrogen-bond acceptors (Lipinski definition) is 4. The van der Waals surface area contributed by atoms with E-state index in [-0.39, 0.29) is 6.04 Å². The van der Waals surface area contributed by atoms with Gasteiger partial charge in [-0.25, -0.2) is 0 Å². The summed E-state index contributed by atoms with van der Waals surface area (Å²) in [5, 5.41) is 12.1. The molecule has 1 aromatic carbocycles. The van der Waals surface area contributed by atoms with Gasteiger partial charge in [0.1, 0.15) is 0 Å². The Kier molecular flexibility index (Phi) is 5.90. The molecule has 0 saturated carbocycles. The van der Waals surface area contributed by atoms with Crippen LogP contribution in [-0.4, -0.2) is 32.8 Å². The third-order valence-corrected chi connectivity index (χ3v) is 4.16. The second kappa shape index (κ2) is 7.69. The topological polar surface area (TPSA) is 54.2 Å². The minimum Gasteiger partial charge on any atom is -0.419 e. The average Bonchev–Trinajstić information content (AvgIpc) is 2.93. The first-order valence-electron chi connectivity index (χ1n) is 7.14. The molecule has 22 heavy (non-hydrogen) atoms. The molecule has 0 amide bonds. The zero-order valence-electron chi connectivity index (χ0n) is 12.8. The Bertz CT molecular complexity index is 644. The molecule has 0 spiro atoms. The van der Waals surface area contributed by atoms with E-state index in [2.05, 4.69) is 45.3 Å². The van der Waals surface area contributed by atoms with Crippen LogP contribution in [0.5, 0.6) is 0 Å². The molecule has 1 aromatic heterocycles. The van der Waals surface area contributed by atoms with Crippen LogP contribution < -0.4 is 5.32 Å². The molecule has 0 saturated heterocycles. The molecule has 5 nitrogen and oxygen atoms in total. The summed E-state index contributed by atoms with van der Waals surface area (Å²) >= 11 is 8.88. The molecule has 0 fully saturated rings. The highest BCUT2D eigenvalue weighted by molar-refractivity contribution is 9.10. The number of benzene rings is 1. The van der Waals surface area contributed by atoms with Crippen molar-refractivity contribution in [2.45, 2.75) is 33.4 Å². The fourth-order valence-corrected chi connectivity index (χ4v) is 2.82. The number of rotatable bonds is 5. The summed E-state index contributed by atoms with van der Waals surface area (Å²) in [4.78, 5) is 2.02. The summed E-state index contributed by atoms with van der Waals surface area (Å²) in [6, 6.07) is 8.00. The van der Waals surface area contributed by atoms with Crippen LogP contribution >= 0.6 is 28.1 Å². The zero-order valence-corrected chi connectivity index (χ0v) is 15.2. The first kappa shape index (κ1) is 16.9. The van der Waals surface area contributed by atoms with Crippen molar-refractivity contribution in [3.63, 3.8) is 0 Å². The summed E-state index contributed by atoms with van der Waals surface area (Å²) in [7, 11) is 0. The maximum Gasteiger partial charge on any atom is 0.248 e. The molecule has 1 heterocycles. The minimum absolute atomic E-state index is 0.241. The third kappa shape index (κ3) is 4.04. The van der Waals surface area contributed by atoms with Gasteiger partial charge in [-0.3, -0.25) is 0 Å². The SMILES string of the molecule is CCNC(=S)N(Cc1nnc(-c2ccccc2Br)o1)C(C)C. The van der Waals surface area contributed by atoms with E-state index in [9.17, 15) is 0 Å². The highest BCUT2D eigenvalue weighted by Gasteiger charge is 2.18. The summed E-state index contributed by atoms with van der Waals surface area (Å²) < 4.78 is 6.70. The van der Waals surface area contributed by atoms with Gasteiger partial charge in [-0.1, -0.05) is 12.1 Å². The van der Waals surface area contributed by atoms with Crippen molar-refractivity contribution in [3.05, 3.63) is 34.6 Å². The Balaban J connectivity index is 2.17. The predicted octanol–water partition coefficient (Wildman–Crippen LogP) is 3.60. The van der Waals surface area contributed by atoms with Gasteiger partial charge in [-0.15, -0.1) is 10.2 Å². The number of nitrogens with zero attached hydrogens (tertiary/aromatic N) is 3. The molecular weight excluding hydrogens is 364 g/mol. The Hall–Kier alpha value is -1.47. The molecule has 2 rings (SSSR count). The minimum atomic E-state index is 0.241. The highest BCUT2D eigenvalue weighted by atomic mass is 79.9. The Morgan fingerprint density at radius 1 is 1.36 bits per heavy atom. The lowest BCUT2D eigenvalue weighted by Crippen LogP contribution is -2.43. The van der Waals surface area contributed by atoms with Gasteiger partial charge in [-0.05, 0) is 61.1 Å². The molecular formula is C15H19BrN4OS. The molecule has 0 bridgehead atoms. The largest absolute Gasteiger partial charge is 0.419 e. The van der Waals surface area contributed by atoms with Crippen molar-refractivity contribution < 1.29 is 4.42 Å². The van der Waals surface area contributed by atoms with Crippen molar-refractivity contribution in [2.24, 2.45) is 0 Å². The molecule has 0 aliphatic rings. The first-order valence-corrected chi connectivity index (χ1v) is 8.34. The molecule has 2 aromatic rings. The maximum absolute atomic E-state index is 5.78. The Labute approximate surface area is 144 Å². The van der Waals surface area contributed by atoms with E-state index in [4.69, 9.17) is 16.6 Å². The van der Waals surface area contributed by atoms with Crippen LogP contribution in [0.1, 0.15) is 26.7 Å². The number of halogens is 1. The van der Waals surface area contributed by atoms with E-state index in [1.54, 1.807) is 0 Å². The van der Waals surface area contributed by atoms with Gasteiger partial charge < -0.3 is 14.6 Å². The standard InChI is InChI=1S/C15H19BrN4OS/c1-4-17-15(22)20(10(2)3)9-13-18-19-14(21-13)11-7-5-6-8-12(11)16/h5-8,10H,4,9H2,1-3H3,(H,17,22). The Morgan fingerprint density at radius 2 is 2.09 bits per heavy atom. The van der Waals surface area contributed by atoms with E-state index in [0.29, 0.717) is 23.4 Å². The van der Waals surface area contributed by atoms with Crippen LogP contribution in [-0.2, 0) is 6.54 Å². The van der Waals surface area contributed by atoms with Crippen LogP contribution in [0, 0.1) is 0 Å². The quantitative estimate of drug-likeness (QED) is 0.797. The van der Waals surface area contributed by atoms with Gasteiger partial charge in [0.2, 0.25) is 11.8 Å². The van der Waals surface area contributed by atoms with Gasteiger partial charge >= 0.3 is 0 Å². The third-order valence-electron chi connectivity index (χ3n) is 3.09. The lowest BCUT2D eigenvalue weighted by Gasteiger charge is -2.27. The lowest BCUT2D eigenvalue weighted by molar-refractivity contribution is 0.302. The van der Waals surface area contributed by atoms with Crippen LogP contribution in [0.3, 0.4) is 0 Å². The zero-order chi connectivity index (χ0) is 16.1. The van der Waals surface area contributed by atoms with E-state index < -0.39 is 0 Å². The average molecular weight is 383 g/mol. The molecule has 0 aliphatic carbocycles. The normalized spacial score (nSPS) is 10.8. The van der Waals surface area contributed by atoms with E-state index in [0.717, 1.165) is 16.6 Å². The van der Waals surface area contributed by atoms with Crippen molar-refractivity contribution in [2.75, 3.05) is 6.54 Å². The predicted molar refractivity (Wildman–Crippen MR) is 94.4 cm³/mol. The summed E-state index contributed by atoms with van der Waals surface area (Å²) in [6.45, 7) is 7.45. The van der Waals surface area contributed by atoms with E-state index >= 15 is 0 Å². The highest BCUT2D eigenvalue weighted by Crippen LogP contribution is 2.26. The van der Waals surface area contributed by atoms with Crippen LogP contribution in [0.2, 0.25) is 0 Å². The van der Waals surface area contributed by atoms with Crippen LogP contribution in [0.15, 0.2) is 33.2 Å². The fraction of sp³-hybridized carbons (Fsp3) is 0.400. The monoisotopic (exact) mass is 382 g/mol. The number of aromatic nitrogens is 2. The molecule has 0 unspecified atom stereocenters. The van der Waals surface area contributed by atoms with Crippen molar-refractivity contribution >= 4 is 33.3 Å². The number of hydrogen-bond donors (Lipinski definition) is 1. The molecule has 0 aliphatic heterocycles. The summed E-state index contributed by atoms with van der Waals surface area (Å²) in [5.74, 6) is 1.04. The second-order valence-electron chi connectivity index (χ2n) is 5.04. The molecule has 0 radical (unpaired) electrons. The maximum atomic E-state index is 5.78. The van der Waals surface area contributed by atoms with Crippen LogP contribution in [0.25, 0.3) is 11.5 Å². The van der Waals surface area contributed by atoms with Gasteiger partial charge in [0.05, 0.1) is 12.1 Å². The molecule has 118 valence electrons. The second-order valence-corrected chi connectivity index (χ2v) is 6.28. The van der Waals surface area contributed by atoms with Crippen molar-refractivity contribution in [3.8, 4) is 11.5 Å². The first-order chi connectivity index (χ1) is 10.5. The van der Waals surface area contributed by atoms with Crippen LogP contribution in [0.4, 0.5) is 0 Å². The number of thiocarbonyl (C=S) groups is 1. The number of nitrogens with one attached hydrogen (secondary N) is 1. The summed E-state index contributed by atoms with van der Waals surface area (Å²) in [5.41, 5.74) is 0.881. The van der Waals surface area contributed by atoms with Crippen molar-refractivity contribution in [1.29, 1.82) is 0 Å². The van der Waals surface area contributed by atoms with Gasteiger partial charge in [0, 0.05) is 17.1 Å². The smallest absolute Gasteiger partial charge is 0.248 e. The summed E-state index contributed by atoms with van der Waals surface area (Å²) in [6.07, 6.45) is 0. The fourth-order valence-electron chi connectivity index (χ4n) is 1.95. The Morgan fingerprint density at radius 3 is 2.73 bits per heavy atom. The van der Waals surface area contributed by atoms with Gasteiger partial charge in [-0.2, -0.15) is 0 Å².